The summed E-state index contributed by atoms with van der Waals surface area (Å²) in [5.41, 5.74) is -0.0865. The quantitative estimate of drug-likeness (QED) is 0.738. The first-order valence-electron chi connectivity index (χ1n) is 4.90. The highest BCUT2D eigenvalue weighted by molar-refractivity contribution is 4.95. The normalized spacial score (nSPS) is 37.1. The van der Waals surface area contributed by atoms with Crippen LogP contribution in [0.5, 0.6) is 0 Å². The summed E-state index contributed by atoms with van der Waals surface area (Å²) in [5, 5.41) is 9.07. The average molecular weight is 207 g/mol. The molecule has 0 aromatic heterocycles. The zero-order valence-corrected chi connectivity index (χ0v) is 7.96. The van der Waals surface area contributed by atoms with Crippen molar-refractivity contribution < 1.29 is 18.6 Å². The van der Waals surface area contributed by atoms with Gasteiger partial charge in [-0.05, 0) is 12.8 Å². The van der Waals surface area contributed by atoms with Crippen LogP contribution < -0.4 is 0 Å². The van der Waals surface area contributed by atoms with Crippen LogP contribution in [0.3, 0.4) is 0 Å². The van der Waals surface area contributed by atoms with Gasteiger partial charge in [0, 0.05) is 18.6 Å². The zero-order valence-electron chi connectivity index (χ0n) is 7.96. The van der Waals surface area contributed by atoms with E-state index in [4.69, 9.17) is 5.11 Å². The predicted octanol–water partition coefficient (Wildman–Crippen LogP) is 0.682. The highest BCUT2D eigenvalue weighted by atomic mass is 19.2. The molecule has 2 atom stereocenters. The van der Waals surface area contributed by atoms with Crippen molar-refractivity contribution in [2.24, 2.45) is 5.41 Å². The van der Waals surface area contributed by atoms with E-state index in [1.807, 2.05) is 0 Å². The number of nitrogens with zero attached hydrogens (tertiary/aromatic N) is 1. The molecule has 0 bridgehead atoms. The maximum Gasteiger partial charge on any atom is 0.214 e. The fourth-order valence-electron chi connectivity index (χ4n) is 1.87. The number of alkyl halides is 2. The second kappa shape index (κ2) is 3.72. The molecule has 0 aromatic carbocycles. The Morgan fingerprint density at radius 2 is 1.86 bits per heavy atom. The van der Waals surface area contributed by atoms with Crippen molar-refractivity contribution >= 4 is 0 Å². The lowest BCUT2D eigenvalue weighted by Crippen LogP contribution is -2.47. The van der Waals surface area contributed by atoms with Crippen LogP contribution in [-0.2, 0) is 4.74 Å². The van der Waals surface area contributed by atoms with Crippen molar-refractivity contribution in [1.29, 1.82) is 0 Å². The Labute approximate surface area is 81.6 Å². The molecule has 1 saturated heterocycles. The van der Waals surface area contributed by atoms with Gasteiger partial charge in [0.25, 0.3) is 0 Å². The van der Waals surface area contributed by atoms with E-state index in [1.54, 1.807) is 4.90 Å². The Balaban J connectivity index is 1.85. The fraction of sp³-hybridized carbons (Fsp3) is 1.00. The lowest BCUT2D eigenvalue weighted by Gasteiger charge is -2.33. The molecule has 3 nitrogen and oxygen atoms in total. The molecule has 0 spiro atoms. The molecule has 2 rings (SSSR count). The highest BCUT2D eigenvalue weighted by Gasteiger charge is 2.44. The third-order valence-electron chi connectivity index (χ3n) is 2.95. The molecule has 1 aliphatic carbocycles. The summed E-state index contributed by atoms with van der Waals surface area (Å²) >= 11 is 0. The van der Waals surface area contributed by atoms with Crippen LogP contribution in [0.25, 0.3) is 0 Å². The van der Waals surface area contributed by atoms with Crippen LogP contribution in [-0.4, -0.2) is 49.0 Å². The van der Waals surface area contributed by atoms with Gasteiger partial charge >= 0.3 is 0 Å². The summed E-state index contributed by atoms with van der Waals surface area (Å²) in [4.78, 5) is 1.70. The number of hydrogen-bond acceptors (Lipinski definition) is 3. The van der Waals surface area contributed by atoms with Gasteiger partial charge in [0.2, 0.25) is 12.7 Å². The molecule has 1 saturated carbocycles. The molecule has 1 aliphatic heterocycles. The van der Waals surface area contributed by atoms with Crippen LogP contribution in [0.2, 0.25) is 0 Å². The number of ether oxygens (including phenoxy) is 1. The van der Waals surface area contributed by atoms with E-state index in [1.165, 1.54) is 0 Å². The first-order chi connectivity index (χ1) is 6.63. The molecular weight excluding hydrogens is 192 g/mol. The van der Waals surface area contributed by atoms with Gasteiger partial charge < -0.3 is 9.84 Å². The van der Waals surface area contributed by atoms with Crippen LogP contribution in [0.1, 0.15) is 12.8 Å². The lowest BCUT2D eigenvalue weighted by atomic mass is 10.1. The molecule has 2 fully saturated rings. The summed E-state index contributed by atoms with van der Waals surface area (Å²) in [6, 6.07) is 0. The molecule has 1 heterocycles. The van der Waals surface area contributed by atoms with E-state index in [0.29, 0.717) is 6.54 Å². The summed E-state index contributed by atoms with van der Waals surface area (Å²) < 4.78 is 30.0. The first kappa shape index (κ1) is 10.3. The molecule has 5 heteroatoms. The van der Waals surface area contributed by atoms with Crippen LogP contribution in [0, 0.1) is 5.41 Å². The molecule has 82 valence electrons. The van der Waals surface area contributed by atoms with Gasteiger partial charge in [-0.1, -0.05) is 0 Å². The Bertz CT molecular complexity index is 201. The van der Waals surface area contributed by atoms with E-state index >= 15 is 0 Å². The first-order valence-corrected chi connectivity index (χ1v) is 4.90. The monoisotopic (exact) mass is 207 g/mol. The van der Waals surface area contributed by atoms with Crippen molar-refractivity contribution in [2.45, 2.75) is 25.6 Å². The van der Waals surface area contributed by atoms with Gasteiger partial charge in [-0.15, -0.1) is 0 Å². The minimum absolute atomic E-state index is 0.0865. The van der Waals surface area contributed by atoms with Gasteiger partial charge in [0.1, 0.15) is 0 Å². The van der Waals surface area contributed by atoms with E-state index in [-0.39, 0.29) is 25.1 Å². The van der Waals surface area contributed by atoms with Crippen molar-refractivity contribution in [3.05, 3.63) is 0 Å². The molecule has 14 heavy (non-hydrogen) atoms. The van der Waals surface area contributed by atoms with Crippen LogP contribution >= 0.6 is 0 Å². The number of hydrogen-bond donors (Lipinski definition) is 1. The minimum Gasteiger partial charge on any atom is -0.396 e. The summed E-state index contributed by atoms with van der Waals surface area (Å²) in [7, 11) is 0. The number of aliphatic hydroxyl groups is 1. The Morgan fingerprint density at radius 3 is 2.29 bits per heavy atom. The topological polar surface area (TPSA) is 32.7 Å². The molecule has 0 radical (unpaired) electrons. The number of rotatable bonds is 3. The van der Waals surface area contributed by atoms with Crippen LogP contribution in [0.15, 0.2) is 0 Å². The number of aliphatic hydroxyl groups excluding tert-OH is 1. The largest absolute Gasteiger partial charge is 0.396 e. The van der Waals surface area contributed by atoms with E-state index in [9.17, 15) is 8.78 Å². The number of halogens is 2. The van der Waals surface area contributed by atoms with Crippen LogP contribution in [0.4, 0.5) is 8.78 Å². The SMILES string of the molecule is OCC1(CN2C[C@@H](F)O[C@@H](F)C2)CC1. The summed E-state index contributed by atoms with van der Waals surface area (Å²) in [6.07, 6.45) is -1.16. The fourth-order valence-corrected chi connectivity index (χ4v) is 1.87. The second-order valence-corrected chi connectivity index (χ2v) is 4.31. The van der Waals surface area contributed by atoms with E-state index in [0.717, 1.165) is 12.8 Å². The molecule has 2 aliphatic rings. The second-order valence-electron chi connectivity index (χ2n) is 4.31. The Morgan fingerprint density at radius 1 is 1.29 bits per heavy atom. The van der Waals surface area contributed by atoms with Gasteiger partial charge in [-0.3, -0.25) is 4.90 Å². The van der Waals surface area contributed by atoms with Crippen molar-refractivity contribution in [3.63, 3.8) is 0 Å². The van der Waals surface area contributed by atoms with Crippen molar-refractivity contribution in [3.8, 4) is 0 Å². The maximum atomic E-state index is 12.8. The van der Waals surface area contributed by atoms with Gasteiger partial charge in [0.15, 0.2) is 0 Å². The highest BCUT2D eigenvalue weighted by Crippen LogP contribution is 2.45. The summed E-state index contributed by atoms with van der Waals surface area (Å²) in [6.45, 7) is 0.913. The molecular formula is C9H15F2NO2. The predicted molar refractivity (Wildman–Crippen MR) is 46.1 cm³/mol. The molecule has 0 amide bonds. The average Bonchev–Trinajstić information content (AvgIpc) is 2.83. The molecule has 1 N–H and O–H groups in total. The minimum atomic E-state index is -1.53. The number of morpholine rings is 1. The zero-order chi connectivity index (χ0) is 10.2. The molecule has 0 aromatic rings. The Hall–Kier alpha value is -0.260. The van der Waals surface area contributed by atoms with Crippen molar-refractivity contribution in [2.75, 3.05) is 26.2 Å². The summed E-state index contributed by atoms with van der Waals surface area (Å²) in [5.74, 6) is 0. The smallest absolute Gasteiger partial charge is 0.214 e. The third kappa shape index (κ3) is 2.21. The maximum absolute atomic E-state index is 12.8. The standard InChI is InChI=1S/C9H15F2NO2/c10-7-3-12(4-8(11)14-7)5-9(6-13)1-2-9/h7-8,13H,1-6H2/t7-,8+. The van der Waals surface area contributed by atoms with Gasteiger partial charge in [-0.25, -0.2) is 8.78 Å². The Kier molecular flexibility index (Phi) is 2.72. The van der Waals surface area contributed by atoms with Crippen molar-refractivity contribution in [1.82, 2.24) is 4.90 Å². The van der Waals surface area contributed by atoms with E-state index < -0.39 is 12.7 Å². The lowest BCUT2D eigenvalue weighted by molar-refractivity contribution is -0.191. The van der Waals surface area contributed by atoms with E-state index in [2.05, 4.69) is 4.74 Å². The third-order valence-corrected chi connectivity index (χ3v) is 2.95. The van der Waals surface area contributed by atoms with Gasteiger partial charge in [-0.2, -0.15) is 0 Å². The molecule has 0 unspecified atom stereocenters. The van der Waals surface area contributed by atoms with Gasteiger partial charge in [0.05, 0.1) is 13.1 Å².